The summed E-state index contributed by atoms with van der Waals surface area (Å²) in [6, 6.07) is 0. The third kappa shape index (κ3) is 2.57. The minimum absolute atomic E-state index is 0.149. The molecule has 0 spiro atoms. The van der Waals surface area contributed by atoms with Crippen molar-refractivity contribution in [1.29, 1.82) is 0 Å². The molecule has 0 bridgehead atoms. The minimum atomic E-state index is -0.149. The lowest BCUT2D eigenvalue weighted by atomic mass is 9.74. The Morgan fingerprint density at radius 3 is 2.69 bits per heavy atom. The van der Waals surface area contributed by atoms with Crippen LogP contribution >= 0.6 is 0 Å². The van der Waals surface area contributed by atoms with Gasteiger partial charge in [0.2, 0.25) is 0 Å². The van der Waals surface area contributed by atoms with Crippen molar-refractivity contribution in [2.24, 2.45) is 17.8 Å². The normalized spacial score (nSPS) is 35.5. The minimum Gasteiger partial charge on any atom is -0.392 e. The van der Waals surface area contributed by atoms with Crippen LogP contribution in [0.3, 0.4) is 0 Å². The molecule has 3 unspecified atom stereocenters. The zero-order chi connectivity index (χ0) is 10.0. The van der Waals surface area contributed by atoms with Gasteiger partial charge in [0, 0.05) is 5.92 Å². The largest absolute Gasteiger partial charge is 0.392 e. The maximum Gasteiger partial charge on any atom is 0.0631 e. The van der Waals surface area contributed by atoms with Crippen molar-refractivity contribution in [3.8, 4) is 0 Å². The van der Waals surface area contributed by atoms with E-state index in [1.807, 2.05) is 0 Å². The molecule has 1 rings (SSSR count). The van der Waals surface area contributed by atoms with Gasteiger partial charge in [0.15, 0.2) is 0 Å². The molecule has 13 heavy (non-hydrogen) atoms. The molecular weight excluding hydrogens is 160 g/mol. The Morgan fingerprint density at radius 1 is 1.54 bits per heavy atom. The monoisotopic (exact) mass is 182 g/mol. The lowest BCUT2D eigenvalue weighted by Crippen LogP contribution is -2.33. The molecule has 0 aromatic heterocycles. The maximum atomic E-state index is 10.00. The molecule has 0 heterocycles. The highest BCUT2D eigenvalue weighted by molar-refractivity contribution is 5.07. The summed E-state index contributed by atoms with van der Waals surface area (Å²) in [5, 5.41) is 10.00. The quantitative estimate of drug-likeness (QED) is 0.651. The van der Waals surface area contributed by atoms with Crippen LogP contribution in [0.25, 0.3) is 0 Å². The first-order valence-electron chi connectivity index (χ1n) is 5.38. The molecule has 1 saturated carbocycles. The van der Waals surface area contributed by atoms with E-state index in [0.717, 1.165) is 19.3 Å². The number of aliphatic hydroxyl groups excluding tert-OH is 1. The van der Waals surface area contributed by atoms with Crippen LogP contribution < -0.4 is 0 Å². The summed E-state index contributed by atoms with van der Waals surface area (Å²) in [7, 11) is 0. The zero-order valence-electron chi connectivity index (χ0n) is 9.09. The van der Waals surface area contributed by atoms with E-state index in [-0.39, 0.29) is 6.10 Å². The second kappa shape index (κ2) is 4.28. The Hall–Kier alpha value is -0.300. The highest BCUT2D eigenvalue weighted by Gasteiger charge is 2.31. The average molecular weight is 182 g/mol. The number of aliphatic hydroxyl groups is 1. The molecular formula is C12H22O. The first-order valence-corrected chi connectivity index (χ1v) is 5.38. The van der Waals surface area contributed by atoms with Gasteiger partial charge in [-0.25, -0.2) is 0 Å². The van der Waals surface area contributed by atoms with Crippen LogP contribution in [0.4, 0.5) is 0 Å². The molecule has 3 atom stereocenters. The van der Waals surface area contributed by atoms with Gasteiger partial charge >= 0.3 is 0 Å². The molecule has 0 radical (unpaired) electrons. The molecule has 1 nitrogen and oxygen atoms in total. The van der Waals surface area contributed by atoms with Crippen molar-refractivity contribution in [3.05, 3.63) is 12.2 Å². The summed E-state index contributed by atoms with van der Waals surface area (Å²) in [5.74, 6) is 1.50. The van der Waals surface area contributed by atoms with Crippen molar-refractivity contribution in [3.63, 3.8) is 0 Å². The van der Waals surface area contributed by atoms with Crippen molar-refractivity contribution in [2.75, 3.05) is 0 Å². The van der Waals surface area contributed by atoms with Gasteiger partial charge in [0.1, 0.15) is 0 Å². The van der Waals surface area contributed by atoms with E-state index in [9.17, 15) is 5.11 Å². The Balaban J connectivity index is 2.53. The lowest BCUT2D eigenvalue weighted by molar-refractivity contribution is 0.0398. The standard InChI is InChI=1S/C12H22O/c1-8(2)7-11-6-5-9(3)10(4)12(11)13/h8,10-13H,3,5-7H2,1-2,4H3. The SMILES string of the molecule is C=C1CCC(CC(C)C)C(O)C1C. The molecule has 0 aliphatic heterocycles. The van der Waals surface area contributed by atoms with Gasteiger partial charge in [-0.15, -0.1) is 0 Å². The number of rotatable bonds is 2. The highest BCUT2D eigenvalue weighted by atomic mass is 16.3. The molecule has 1 aliphatic rings. The summed E-state index contributed by atoms with van der Waals surface area (Å²) in [5.41, 5.74) is 1.23. The molecule has 1 heteroatoms. The molecule has 0 aromatic rings. The van der Waals surface area contributed by atoms with E-state index in [0.29, 0.717) is 17.8 Å². The van der Waals surface area contributed by atoms with Gasteiger partial charge in [-0.2, -0.15) is 0 Å². The van der Waals surface area contributed by atoms with Gasteiger partial charge < -0.3 is 5.11 Å². The van der Waals surface area contributed by atoms with Crippen molar-refractivity contribution in [1.82, 2.24) is 0 Å². The van der Waals surface area contributed by atoms with Gasteiger partial charge in [-0.05, 0) is 31.1 Å². The van der Waals surface area contributed by atoms with Crippen molar-refractivity contribution >= 4 is 0 Å². The Morgan fingerprint density at radius 2 is 2.15 bits per heavy atom. The number of hydrogen-bond acceptors (Lipinski definition) is 1. The van der Waals surface area contributed by atoms with Gasteiger partial charge in [0.25, 0.3) is 0 Å². The van der Waals surface area contributed by atoms with Gasteiger partial charge in [-0.1, -0.05) is 32.9 Å². The number of hydrogen-bond donors (Lipinski definition) is 1. The van der Waals surface area contributed by atoms with Gasteiger partial charge in [-0.3, -0.25) is 0 Å². The van der Waals surface area contributed by atoms with E-state index in [1.54, 1.807) is 0 Å². The summed E-state index contributed by atoms with van der Waals surface area (Å²) in [6.45, 7) is 10.5. The van der Waals surface area contributed by atoms with Crippen LogP contribution in [0.5, 0.6) is 0 Å². The van der Waals surface area contributed by atoms with Gasteiger partial charge in [0.05, 0.1) is 6.10 Å². The van der Waals surface area contributed by atoms with E-state index >= 15 is 0 Å². The predicted octanol–water partition coefficient (Wildman–Crippen LogP) is 3.00. The average Bonchev–Trinajstić information content (AvgIpc) is 2.06. The molecule has 1 N–H and O–H groups in total. The Kier molecular flexibility index (Phi) is 3.55. The first-order chi connectivity index (χ1) is 6.02. The zero-order valence-corrected chi connectivity index (χ0v) is 9.09. The summed E-state index contributed by atoms with van der Waals surface area (Å²) >= 11 is 0. The van der Waals surface area contributed by atoms with E-state index in [2.05, 4.69) is 27.4 Å². The lowest BCUT2D eigenvalue weighted by Gasteiger charge is -2.35. The van der Waals surface area contributed by atoms with Crippen LogP contribution in [-0.2, 0) is 0 Å². The van der Waals surface area contributed by atoms with Crippen LogP contribution in [0, 0.1) is 17.8 Å². The summed E-state index contributed by atoms with van der Waals surface area (Å²) in [4.78, 5) is 0. The van der Waals surface area contributed by atoms with Crippen LogP contribution in [0.1, 0.15) is 40.0 Å². The third-order valence-electron chi connectivity index (χ3n) is 3.25. The maximum absolute atomic E-state index is 10.00. The fourth-order valence-electron chi connectivity index (χ4n) is 2.28. The predicted molar refractivity (Wildman–Crippen MR) is 56.5 cm³/mol. The molecule has 76 valence electrons. The van der Waals surface area contributed by atoms with Crippen LogP contribution in [-0.4, -0.2) is 11.2 Å². The second-order valence-corrected chi connectivity index (χ2v) is 4.87. The highest BCUT2D eigenvalue weighted by Crippen LogP contribution is 2.35. The third-order valence-corrected chi connectivity index (χ3v) is 3.25. The van der Waals surface area contributed by atoms with E-state index in [4.69, 9.17) is 0 Å². The van der Waals surface area contributed by atoms with Crippen molar-refractivity contribution in [2.45, 2.75) is 46.1 Å². The van der Waals surface area contributed by atoms with E-state index < -0.39 is 0 Å². The smallest absolute Gasteiger partial charge is 0.0631 e. The topological polar surface area (TPSA) is 20.2 Å². The Labute approximate surface area is 81.9 Å². The molecule has 1 fully saturated rings. The molecule has 0 saturated heterocycles. The first kappa shape index (κ1) is 10.8. The molecule has 0 aromatic carbocycles. The van der Waals surface area contributed by atoms with Crippen LogP contribution in [0.15, 0.2) is 12.2 Å². The second-order valence-electron chi connectivity index (χ2n) is 4.87. The van der Waals surface area contributed by atoms with E-state index in [1.165, 1.54) is 5.57 Å². The van der Waals surface area contributed by atoms with Crippen molar-refractivity contribution < 1.29 is 5.11 Å². The molecule has 0 amide bonds. The molecule has 1 aliphatic carbocycles. The summed E-state index contributed by atoms with van der Waals surface area (Å²) in [6.07, 6.45) is 3.24. The summed E-state index contributed by atoms with van der Waals surface area (Å²) < 4.78 is 0. The fourth-order valence-corrected chi connectivity index (χ4v) is 2.28. The van der Waals surface area contributed by atoms with Crippen LogP contribution in [0.2, 0.25) is 0 Å². The Bertz CT molecular complexity index is 184. The fraction of sp³-hybridized carbons (Fsp3) is 0.833.